The van der Waals surface area contributed by atoms with Gasteiger partial charge < -0.3 is 14.4 Å². The van der Waals surface area contributed by atoms with Crippen LogP contribution in [0, 0.1) is 5.92 Å². The zero-order valence-electron chi connectivity index (χ0n) is 14.8. The fraction of sp³-hybridized carbons (Fsp3) is 0.611. The maximum atomic E-state index is 12.5. The Balaban J connectivity index is 1.90. The van der Waals surface area contributed by atoms with Crippen LogP contribution < -0.4 is 4.74 Å². The van der Waals surface area contributed by atoms with Gasteiger partial charge in [0.2, 0.25) is 0 Å². The number of carbonyl (C=O) groups is 1. The Morgan fingerprint density at radius 1 is 1.16 bits per heavy atom. The second-order valence-electron chi connectivity index (χ2n) is 6.57. The number of nitrogens with zero attached hydrogens (tertiary/aromatic N) is 2. The standard InChI is InChI=1S/C18H26F2N2O3/c1-14(2)13-24-18(23)22-9-5-8-21(10-11-22)12-15-6-3-4-7-16(15)25-17(19)20/h3-4,6-7,14,17H,5,8-13H2,1-2H3. The number of hydrogen-bond donors (Lipinski definition) is 0. The minimum atomic E-state index is -2.84. The highest BCUT2D eigenvalue weighted by atomic mass is 19.3. The summed E-state index contributed by atoms with van der Waals surface area (Å²) in [4.78, 5) is 15.9. The van der Waals surface area contributed by atoms with Gasteiger partial charge in [0.05, 0.1) is 6.61 Å². The highest BCUT2D eigenvalue weighted by Crippen LogP contribution is 2.22. The Morgan fingerprint density at radius 3 is 2.64 bits per heavy atom. The van der Waals surface area contributed by atoms with Crippen LogP contribution in [0.3, 0.4) is 0 Å². The van der Waals surface area contributed by atoms with Crippen LogP contribution in [-0.2, 0) is 11.3 Å². The van der Waals surface area contributed by atoms with Crippen molar-refractivity contribution in [3.8, 4) is 5.75 Å². The van der Waals surface area contributed by atoms with Crippen molar-refractivity contribution in [2.45, 2.75) is 33.4 Å². The molecule has 25 heavy (non-hydrogen) atoms. The van der Waals surface area contributed by atoms with Crippen LogP contribution in [0.15, 0.2) is 24.3 Å². The van der Waals surface area contributed by atoms with E-state index in [4.69, 9.17) is 4.74 Å². The average molecular weight is 356 g/mol. The first-order valence-electron chi connectivity index (χ1n) is 8.62. The largest absolute Gasteiger partial charge is 0.449 e. The summed E-state index contributed by atoms with van der Waals surface area (Å²) in [5, 5.41) is 0. The van der Waals surface area contributed by atoms with Gasteiger partial charge in [0.25, 0.3) is 0 Å². The highest BCUT2D eigenvalue weighted by Gasteiger charge is 2.21. The van der Waals surface area contributed by atoms with Crippen LogP contribution in [0.25, 0.3) is 0 Å². The third-order valence-electron chi connectivity index (χ3n) is 3.97. The first-order valence-corrected chi connectivity index (χ1v) is 8.62. The number of benzene rings is 1. The van der Waals surface area contributed by atoms with Crippen LogP contribution in [0.5, 0.6) is 5.75 Å². The van der Waals surface area contributed by atoms with Crippen molar-refractivity contribution < 1.29 is 23.0 Å². The molecule has 140 valence electrons. The summed E-state index contributed by atoms with van der Waals surface area (Å²) in [6, 6.07) is 6.82. The van der Waals surface area contributed by atoms with E-state index in [-0.39, 0.29) is 11.8 Å². The Morgan fingerprint density at radius 2 is 1.92 bits per heavy atom. The van der Waals surface area contributed by atoms with Crippen molar-refractivity contribution in [1.29, 1.82) is 0 Å². The van der Waals surface area contributed by atoms with Crippen molar-refractivity contribution in [1.82, 2.24) is 9.80 Å². The molecule has 0 saturated carbocycles. The van der Waals surface area contributed by atoms with E-state index in [9.17, 15) is 13.6 Å². The maximum absolute atomic E-state index is 12.5. The summed E-state index contributed by atoms with van der Waals surface area (Å²) in [7, 11) is 0. The summed E-state index contributed by atoms with van der Waals surface area (Å²) < 4.78 is 34.9. The lowest BCUT2D eigenvalue weighted by atomic mass is 10.2. The summed E-state index contributed by atoms with van der Waals surface area (Å²) in [6.07, 6.45) is 0.534. The van der Waals surface area contributed by atoms with Crippen molar-refractivity contribution in [3.05, 3.63) is 29.8 Å². The number of ether oxygens (including phenoxy) is 2. The van der Waals surface area contributed by atoms with Crippen molar-refractivity contribution in [3.63, 3.8) is 0 Å². The van der Waals surface area contributed by atoms with Gasteiger partial charge in [0.1, 0.15) is 5.75 Å². The van der Waals surface area contributed by atoms with Gasteiger partial charge in [-0.25, -0.2) is 4.79 Å². The van der Waals surface area contributed by atoms with Crippen molar-refractivity contribution in [2.75, 3.05) is 32.8 Å². The Kier molecular flexibility index (Phi) is 7.43. The first-order chi connectivity index (χ1) is 12.0. The van der Waals surface area contributed by atoms with Gasteiger partial charge >= 0.3 is 12.7 Å². The Hall–Kier alpha value is -1.89. The molecule has 0 bridgehead atoms. The Labute approximate surface area is 147 Å². The summed E-state index contributed by atoms with van der Waals surface area (Å²) in [6.45, 7) is 4.74. The molecule has 1 saturated heterocycles. The fourth-order valence-corrected chi connectivity index (χ4v) is 2.73. The molecule has 0 aliphatic carbocycles. The van der Waals surface area contributed by atoms with E-state index in [1.54, 1.807) is 29.2 Å². The number of alkyl halides is 2. The van der Waals surface area contributed by atoms with Crippen LogP contribution in [0.4, 0.5) is 13.6 Å². The van der Waals surface area contributed by atoms with Crippen LogP contribution in [0.1, 0.15) is 25.8 Å². The predicted octanol–water partition coefficient (Wildman–Crippen LogP) is 3.59. The predicted molar refractivity (Wildman–Crippen MR) is 90.7 cm³/mol. The molecule has 0 radical (unpaired) electrons. The summed E-state index contributed by atoms with van der Waals surface area (Å²) in [5.74, 6) is 0.508. The van der Waals surface area contributed by atoms with Crippen molar-refractivity contribution in [2.24, 2.45) is 5.92 Å². The maximum Gasteiger partial charge on any atom is 0.409 e. The molecule has 1 aliphatic rings. The quantitative estimate of drug-likeness (QED) is 0.781. The monoisotopic (exact) mass is 356 g/mol. The van der Waals surface area contributed by atoms with Gasteiger partial charge in [-0.05, 0) is 18.4 Å². The molecule has 7 heteroatoms. The van der Waals surface area contributed by atoms with E-state index in [0.717, 1.165) is 18.5 Å². The third kappa shape index (κ3) is 6.49. The lowest BCUT2D eigenvalue weighted by molar-refractivity contribution is -0.0507. The normalized spacial score (nSPS) is 16.2. The summed E-state index contributed by atoms with van der Waals surface area (Å²) >= 11 is 0. The summed E-state index contributed by atoms with van der Waals surface area (Å²) in [5.41, 5.74) is 0.721. The second kappa shape index (κ2) is 9.56. The smallest absolute Gasteiger partial charge is 0.409 e. The fourth-order valence-electron chi connectivity index (χ4n) is 2.73. The molecule has 5 nitrogen and oxygen atoms in total. The number of rotatable bonds is 6. The lowest BCUT2D eigenvalue weighted by Gasteiger charge is -2.22. The minimum absolute atomic E-state index is 0.204. The van der Waals surface area contributed by atoms with E-state index in [0.29, 0.717) is 38.7 Å². The van der Waals surface area contributed by atoms with E-state index in [1.807, 2.05) is 13.8 Å². The average Bonchev–Trinajstić information content (AvgIpc) is 2.79. The molecule has 2 rings (SSSR count). The molecule has 1 aromatic rings. The number of halogens is 2. The van der Waals surface area contributed by atoms with Gasteiger partial charge in [0, 0.05) is 38.3 Å². The van der Waals surface area contributed by atoms with Gasteiger partial charge in [-0.3, -0.25) is 4.90 Å². The van der Waals surface area contributed by atoms with Crippen LogP contribution in [-0.4, -0.2) is 55.3 Å². The van der Waals surface area contributed by atoms with Crippen LogP contribution >= 0.6 is 0 Å². The van der Waals surface area contributed by atoms with Gasteiger partial charge in [-0.15, -0.1) is 0 Å². The molecule has 0 unspecified atom stereocenters. The van der Waals surface area contributed by atoms with E-state index >= 15 is 0 Å². The lowest BCUT2D eigenvalue weighted by Crippen LogP contribution is -2.36. The van der Waals surface area contributed by atoms with Gasteiger partial charge in [0.15, 0.2) is 0 Å². The van der Waals surface area contributed by atoms with Gasteiger partial charge in [-0.1, -0.05) is 32.0 Å². The van der Waals surface area contributed by atoms with Crippen molar-refractivity contribution >= 4 is 6.09 Å². The molecule has 1 amide bonds. The highest BCUT2D eigenvalue weighted by molar-refractivity contribution is 5.67. The molecule has 0 N–H and O–H groups in total. The third-order valence-corrected chi connectivity index (χ3v) is 3.97. The zero-order valence-corrected chi connectivity index (χ0v) is 14.8. The number of hydrogen-bond acceptors (Lipinski definition) is 4. The molecular weight excluding hydrogens is 330 g/mol. The van der Waals surface area contributed by atoms with E-state index < -0.39 is 6.61 Å². The minimum Gasteiger partial charge on any atom is -0.449 e. The van der Waals surface area contributed by atoms with E-state index in [1.165, 1.54) is 0 Å². The molecule has 1 aliphatic heterocycles. The van der Waals surface area contributed by atoms with Crippen LogP contribution in [0.2, 0.25) is 0 Å². The molecule has 1 heterocycles. The molecular formula is C18H26F2N2O3. The topological polar surface area (TPSA) is 42.0 Å². The SMILES string of the molecule is CC(C)COC(=O)N1CCCN(Cc2ccccc2OC(F)F)CC1. The number of amides is 1. The molecule has 0 spiro atoms. The Bertz CT molecular complexity index is 555. The van der Waals surface area contributed by atoms with Gasteiger partial charge in [-0.2, -0.15) is 8.78 Å². The van der Waals surface area contributed by atoms with E-state index in [2.05, 4.69) is 9.64 Å². The first kappa shape index (κ1) is 19.4. The molecule has 1 aromatic carbocycles. The molecule has 0 atom stereocenters. The molecule has 1 fully saturated rings. The second-order valence-corrected chi connectivity index (χ2v) is 6.57. The number of para-hydroxylation sites is 1. The molecule has 0 aromatic heterocycles. The zero-order chi connectivity index (χ0) is 18.2. The number of carbonyl (C=O) groups excluding carboxylic acids is 1.